The van der Waals surface area contributed by atoms with E-state index in [0.717, 1.165) is 5.75 Å². The molecule has 0 heterocycles. The van der Waals surface area contributed by atoms with Gasteiger partial charge in [0, 0.05) is 5.75 Å². The predicted molar refractivity (Wildman–Crippen MR) is 50.4 cm³/mol. The number of hydrogen-bond acceptors (Lipinski definition) is 3. The van der Waals surface area contributed by atoms with Crippen molar-refractivity contribution in [3.63, 3.8) is 0 Å². The zero-order chi connectivity index (χ0) is 7.98. The van der Waals surface area contributed by atoms with Crippen molar-refractivity contribution in [2.24, 2.45) is 0 Å². The van der Waals surface area contributed by atoms with Crippen molar-refractivity contribution in [1.82, 2.24) is 0 Å². The summed E-state index contributed by atoms with van der Waals surface area (Å²) < 4.78 is 0. The number of ketones is 1. The molecule has 0 bridgehead atoms. The summed E-state index contributed by atoms with van der Waals surface area (Å²) in [6, 6.07) is 0. The fourth-order valence-electron chi connectivity index (χ4n) is 0.257. The fraction of sp³-hybridized carbons (Fsp3) is 0.571. The van der Waals surface area contributed by atoms with Crippen LogP contribution in [-0.4, -0.2) is 16.8 Å². The van der Waals surface area contributed by atoms with Gasteiger partial charge in [-0.2, -0.15) is 0 Å². The first-order chi connectivity index (χ1) is 4.68. The minimum Gasteiger partial charge on any atom is -0.299 e. The van der Waals surface area contributed by atoms with E-state index in [9.17, 15) is 4.79 Å². The van der Waals surface area contributed by atoms with Crippen LogP contribution < -0.4 is 0 Å². The predicted octanol–water partition coefficient (Wildman–Crippen LogP) is 2.53. The Kier molecular flexibility index (Phi) is 5.93. The van der Waals surface area contributed by atoms with Gasteiger partial charge in [0.1, 0.15) is 5.78 Å². The molecule has 0 N–H and O–H groups in total. The maximum Gasteiger partial charge on any atom is 0.143 e. The monoisotopic (exact) mass is 176 g/mol. The topological polar surface area (TPSA) is 17.1 Å². The molecule has 3 heteroatoms. The van der Waals surface area contributed by atoms with Crippen molar-refractivity contribution >= 4 is 27.4 Å². The molecular weight excluding hydrogens is 164 g/mol. The lowest BCUT2D eigenvalue weighted by molar-refractivity contribution is -0.116. The van der Waals surface area contributed by atoms with Crippen LogP contribution in [0.25, 0.3) is 0 Å². The van der Waals surface area contributed by atoms with Crippen LogP contribution in [-0.2, 0) is 4.79 Å². The van der Waals surface area contributed by atoms with Crippen molar-refractivity contribution in [2.75, 3.05) is 5.75 Å². The first-order valence-corrected chi connectivity index (χ1v) is 5.46. The number of carbonyl (C=O) groups excluding carboxylic acids is 1. The molecule has 0 aliphatic rings. The summed E-state index contributed by atoms with van der Waals surface area (Å²) in [5.41, 5.74) is 0. The van der Waals surface area contributed by atoms with Crippen LogP contribution in [0.4, 0.5) is 0 Å². The SMILES string of the molecule is C=CCSSC(C)C(C)=O. The number of Topliss-reactive ketones (excluding diaryl/α,β-unsaturated/α-hetero) is 1. The maximum absolute atomic E-state index is 10.7. The smallest absolute Gasteiger partial charge is 0.143 e. The lowest BCUT2D eigenvalue weighted by Gasteiger charge is -2.03. The maximum atomic E-state index is 10.7. The van der Waals surface area contributed by atoms with Gasteiger partial charge < -0.3 is 0 Å². The first-order valence-electron chi connectivity index (χ1n) is 3.08. The molecule has 0 aromatic rings. The molecule has 1 unspecified atom stereocenters. The van der Waals surface area contributed by atoms with Crippen LogP contribution >= 0.6 is 21.6 Å². The molecule has 0 aliphatic carbocycles. The summed E-state index contributed by atoms with van der Waals surface area (Å²) in [5, 5.41) is 0.116. The van der Waals surface area contributed by atoms with E-state index in [-0.39, 0.29) is 11.0 Å². The molecule has 0 radical (unpaired) electrons. The molecule has 58 valence electrons. The van der Waals surface area contributed by atoms with E-state index in [0.29, 0.717) is 0 Å². The fourth-order valence-corrected chi connectivity index (χ4v) is 2.31. The Labute approximate surface area is 70.0 Å². The second-order valence-corrected chi connectivity index (χ2v) is 4.68. The Morgan fingerprint density at radius 3 is 2.80 bits per heavy atom. The van der Waals surface area contributed by atoms with Crippen molar-refractivity contribution in [3.8, 4) is 0 Å². The van der Waals surface area contributed by atoms with Gasteiger partial charge in [0.05, 0.1) is 5.25 Å². The van der Waals surface area contributed by atoms with Gasteiger partial charge in [-0.15, -0.1) is 6.58 Å². The Morgan fingerprint density at radius 1 is 1.80 bits per heavy atom. The zero-order valence-corrected chi connectivity index (χ0v) is 7.93. The Hall–Kier alpha value is 0.110. The largest absolute Gasteiger partial charge is 0.299 e. The highest BCUT2D eigenvalue weighted by atomic mass is 33.1. The second-order valence-electron chi connectivity index (χ2n) is 1.92. The number of hydrogen-bond donors (Lipinski definition) is 0. The summed E-state index contributed by atoms with van der Waals surface area (Å²) in [6.07, 6.45) is 1.84. The summed E-state index contributed by atoms with van der Waals surface area (Å²) in [6.45, 7) is 7.12. The molecule has 0 rings (SSSR count). The quantitative estimate of drug-likeness (QED) is 0.364. The third-order valence-corrected chi connectivity index (χ3v) is 3.78. The summed E-state index contributed by atoms with van der Waals surface area (Å²) in [4.78, 5) is 10.7. The minimum atomic E-state index is 0.116. The molecule has 0 aromatic heterocycles. The highest BCUT2D eigenvalue weighted by Crippen LogP contribution is 2.26. The van der Waals surface area contributed by atoms with Crippen molar-refractivity contribution in [2.45, 2.75) is 19.1 Å². The molecule has 0 spiro atoms. The van der Waals surface area contributed by atoms with E-state index >= 15 is 0 Å². The average molecular weight is 176 g/mol. The van der Waals surface area contributed by atoms with E-state index < -0.39 is 0 Å². The van der Waals surface area contributed by atoms with E-state index in [2.05, 4.69) is 6.58 Å². The van der Waals surface area contributed by atoms with Crippen LogP contribution in [0.5, 0.6) is 0 Å². The van der Waals surface area contributed by atoms with Gasteiger partial charge in [-0.05, 0) is 13.8 Å². The molecule has 10 heavy (non-hydrogen) atoms. The standard InChI is InChI=1S/C7H12OS2/c1-4-5-9-10-7(3)6(2)8/h4,7H,1,5H2,2-3H3. The normalized spacial score (nSPS) is 12.6. The van der Waals surface area contributed by atoms with Crippen LogP contribution in [0.2, 0.25) is 0 Å². The van der Waals surface area contributed by atoms with E-state index in [1.54, 1.807) is 28.5 Å². The van der Waals surface area contributed by atoms with Gasteiger partial charge in [0.2, 0.25) is 0 Å². The third-order valence-electron chi connectivity index (χ3n) is 0.971. The van der Waals surface area contributed by atoms with Crippen molar-refractivity contribution < 1.29 is 4.79 Å². The van der Waals surface area contributed by atoms with Gasteiger partial charge in [0.15, 0.2) is 0 Å². The van der Waals surface area contributed by atoms with Gasteiger partial charge >= 0.3 is 0 Å². The third kappa shape index (κ3) is 4.94. The molecule has 1 nitrogen and oxygen atoms in total. The Morgan fingerprint density at radius 2 is 2.40 bits per heavy atom. The second kappa shape index (κ2) is 5.86. The highest BCUT2D eigenvalue weighted by molar-refractivity contribution is 8.77. The van der Waals surface area contributed by atoms with Crippen molar-refractivity contribution in [3.05, 3.63) is 12.7 Å². The minimum absolute atomic E-state index is 0.116. The van der Waals surface area contributed by atoms with E-state index in [1.165, 1.54) is 0 Å². The van der Waals surface area contributed by atoms with Crippen molar-refractivity contribution in [1.29, 1.82) is 0 Å². The first kappa shape index (κ1) is 10.1. The van der Waals surface area contributed by atoms with Gasteiger partial charge in [-0.25, -0.2) is 0 Å². The van der Waals surface area contributed by atoms with Gasteiger partial charge in [0.25, 0.3) is 0 Å². The van der Waals surface area contributed by atoms with Crippen LogP contribution in [0.15, 0.2) is 12.7 Å². The number of carbonyl (C=O) groups is 1. The highest BCUT2D eigenvalue weighted by Gasteiger charge is 2.06. The van der Waals surface area contributed by atoms with Crippen LogP contribution in [0, 0.1) is 0 Å². The van der Waals surface area contributed by atoms with Crippen LogP contribution in [0.3, 0.4) is 0 Å². The Balaban J connectivity index is 3.30. The van der Waals surface area contributed by atoms with Crippen LogP contribution in [0.1, 0.15) is 13.8 Å². The van der Waals surface area contributed by atoms with Gasteiger partial charge in [-0.3, -0.25) is 4.79 Å². The molecule has 0 amide bonds. The zero-order valence-electron chi connectivity index (χ0n) is 6.29. The molecular formula is C7H12OS2. The van der Waals surface area contributed by atoms with E-state index in [4.69, 9.17) is 0 Å². The molecule has 0 saturated carbocycles. The molecule has 0 aliphatic heterocycles. The summed E-state index contributed by atoms with van der Waals surface area (Å²) in [7, 11) is 3.27. The number of rotatable bonds is 5. The average Bonchev–Trinajstić information content (AvgIpc) is 1.88. The summed E-state index contributed by atoms with van der Waals surface area (Å²) in [5.74, 6) is 1.14. The molecule has 0 saturated heterocycles. The Bertz CT molecular complexity index is 123. The molecule has 1 atom stereocenters. The molecule has 0 fully saturated rings. The summed E-state index contributed by atoms with van der Waals surface area (Å²) >= 11 is 0. The molecule has 0 aromatic carbocycles. The van der Waals surface area contributed by atoms with Gasteiger partial charge in [-0.1, -0.05) is 27.7 Å². The lowest BCUT2D eigenvalue weighted by Crippen LogP contribution is -2.06. The van der Waals surface area contributed by atoms with E-state index in [1.807, 2.05) is 13.0 Å². The lowest BCUT2D eigenvalue weighted by atomic mass is 10.3.